The zero-order chi connectivity index (χ0) is 15.9. The van der Waals surface area contributed by atoms with E-state index in [1.807, 2.05) is 66.9 Å². The average molecular weight is 341 g/mol. The number of rotatable bonds is 5. The van der Waals surface area contributed by atoms with Gasteiger partial charge in [0.05, 0.1) is 5.57 Å². The van der Waals surface area contributed by atoms with Gasteiger partial charge in [-0.3, -0.25) is 0 Å². The zero-order valence-electron chi connectivity index (χ0n) is 13.3. The van der Waals surface area contributed by atoms with Gasteiger partial charge < -0.3 is 22.0 Å². The Morgan fingerprint density at radius 3 is 2.25 bits per heavy atom. The maximum atomic E-state index is 12.2. The Hall–Kier alpha value is -2.52. The smallest absolute Gasteiger partial charge is 0.339 e. The lowest BCUT2D eigenvalue weighted by Gasteiger charge is -2.22. The van der Waals surface area contributed by atoms with E-state index in [-0.39, 0.29) is 18.4 Å². The highest BCUT2D eigenvalue weighted by Gasteiger charge is 2.14. The van der Waals surface area contributed by atoms with Crippen LogP contribution in [0.2, 0.25) is 0 Å². The molecule has 1 aliphatic rings. The molecule has 0 atom stereocenters. The molecule has 0 bridgehead atoms. The lowest BCUT2D eigenvalue weighted by Crippen LogP contribution is -3.00. The lowest BCUT2D eigenvalue weighted by molar-refractivity contribution is -0.140. The van der Waals surface area contributed by atoms with Crippen molar-refractivity contribution in [2.75, 3.05) is 6.54 Å². The summed E-state index contributed by atoms with van der Waals surface area (Å²) in [6.07, 6.45) is 5.69. The van der Waals surface area contributed by atoms with Gasteiger partial charge in [0.25, 0.3) is 0 Å². The first-order valence-electron chi connectivity index (χ1n) is 7.68. The van der Waals surface area contributed by atoms with Gasteiger partial charge >= 0.3 is 5.97 Å². The largest absolute Gasteiger partial charge is 1.00 e. The Balaban J connectivity index is 0.00000208. The number of nitrogens with zero attached hydrogens (tertiary/aromatic N) is 1. The molecule has 0 saturated carbocycles. The molecule has 0 spiro atoms. The fourth-order valence-electron chi connectivity index (χ4n) is 2.46. The fourth-order valence-corrected chi connectivity index (χ4v) is 2.46. The van der Waals surface area contributed by atoms with Gasteiger partial charge in [-0.1, -0.05) is 66.7 Å². The van der Waals surface area contributed by atoms with Crippen molar-refractivity contribution in [2.45, 2.75) is 13.2 Å². The van der Waals surface area contributed by atoms with E-state index in [9.17, 15) is 4.79 Å². The number of ether oxygens (including phenoxy) is 1. The van der Waals surface area contributed by atoms with Crippen molar-refractivity contribution in [3.05, 3.63) is 95.7 Å². The number of benzene rings is 2. The maximum Gasteiger partial charge on any atom is 0.339 e. The molecule has 0 saturated heterocycles. The Bertz CT molecular complexity index is 711. The molecule has 3 rings (SSSR count). The van der Waals surface area contributed by atoms with Crippen LogP contribution in [-0.2, 0) is 22.7 Å². The van der Waals surface area contributed by atoms with Gasteiger partial charge in [0.15, 0.2) is 0 Å². The molecule has 0 amide bonds. The third kappa shape index (κ3) is 5.00. The van der Waals surface area contributed by atoms with Crippen LogP contribution >= 0.6 is 0 Å². The van der Waals surface area contributed by atoms with E-state index in [0.29, 0.717) is 12.2 Å². The number of hydrogen-bond donors (Lipinski definition) is 0. The summed E-state index contributed by atoms with van der Waals surface area (Å²) in [6.45, 7) is 1.87. The zero-order valence-corrected chi connectivity index (χ0v) is 14.0. The molecule has 0 aliphatic carbocycles. The van der Waals surface area contributed by atoms with Crippen molar-refractivity contribution >= 4 is 5.97 Å². The predicted octanol–water partition coefficient (Wildman–Crippen LogP) is 0.690. The Labute approximate surface area is 148 Å². The van der Waals surface area contributed by atoms with E-state index in [2.05, 4.69) is 17.0 Å². The summed E-state index contributed by atoms with van der Waals surface area (Å²) in [5.74, 6) is -0.289. The summed E-state index contributed by atoms with van der Waals surface area (Å²) in [5, 5.41) is 0. The van der Waals surface area contributed by atoms with Gasteiger partial charge in [0.2, 0.25) is 0 Å². The second-order valence-electron chi connectivity index (χ2n) is 5.46. The minimum absolute atomic E-state index is 0. The van der Waals surface area contributed by atoms with Crippen molar-refractivity contribution in [2.24, 2.45) is 0 Å². The summed E-state index contributed by atoms with van der Waals surface area (Å²) in [7, 11) is 0. The summed E-state index contributed by atoms with van der Waals surface area (Å²) in [6, 6.07) is 19.9. The standard InChI is InChI=1S/C20H19NO2.ClH/c22-20(23-16-18-10-5-2-6-11-18)19-12-7-13-21(15-19)14-17-8-3-1-4-9-17;/h1-12,15H,13-14,16H2;1H/p-1. The Morgan fingerprint density at radius 1 is 0.958 bits per heavy atom. The molecule has 2 aromatic carbocycles. The number of halogens is 1. The van der Waals surface area contributed by atoms with Gasteiger partial charge in [0, 0.05) is 19.3 Å². The normalized spacial score (nSPS) is 13.0. The van der Waals surface area contributed by atoms with Crippen LogP contribution in [0.1, 0.15) is 11.1 Å². The van der Waals surface area contributed by atoms with E-state index in [0.717, 1.165) is 18.7 Å². The van der Waals surface area contributed by atoms with E-state index >= 15 is 0 Å². The number of hydrogen-bond acceptors (Lipinski definition) is 3. The van der Waals surface area contributed by atoms with Crippen molar-refractivity contribution in [1.82, 2.24) is 4.90 Å². The molecule has 24 heavy (non-hydrogen) atoms. The van der Waals surface area contributed by atoms with Crippen LogP contribution in [0.25, 0.3) is 0 Å². The summed E-state index contributed by atoms with van der Waals surface area (Å²) in [5.41, 5.74) is 2.79. The van der Waals surface area contributed by atoms with Crippen LogP contribution in [0, 0.1) is 0 Å². The summed E-state index contributed by atoms with van der Waals surface area (Å²) < 4.78 is 5.38. The number of carbonyl (C=O) groups excluding carboxylic acids is 1. The highest BCUT2D eigenvalue weighted by Crippen LogP contribution is 2.14. The molecule has 0 aromatic heterocycles. The van der Waals surface area contributed by atoms with Crippen LogP contribution < -0.4 is 12.4 Å². The summed E-state index contributed by atoms with van der Waals surface area (Å²) in [4.78, 5) is 14.3. The molecule has 0 unspecified atom stereocenters. The molecule has 0 fully saturated rings. The predicted molar refractivity (Wildman–Crippen MR) is 90.3 cm³/mol. The molecular formula is C20H19ClNO2-. The van der Waals surface area contributed by atoms with Crippen molar-refractivity contribution in [1.29, 1.82) is 0 Å². The molecule has 1 aliphatic heterocycles. The van der Waals surface area contributed by atoms with Crippen molar-refractivity contribution in [3.63, 3.8) is 0 Å². The molecule has 0 N–H and O–H groups in total. The molecule has 4 heteroatoms. The first-order chi connectivity index (χ1) is 11.3. The molecule has 2 aromatic rings. The minimum atomic E-state index is -0.289. The summed E-state index contributed by atoms with van der Waals surface area (Å²) >= 11 is 0. The van der Waals surface area contributed by atoms with Crippen LogP contribution in [-0.4, -0.2) is 17.4 Å². The van der Waals surface area contributed by atoms with Crippen LogP contribution in [0.3, 0.4) is 0 Å². The van der Waals surface area contributed by atoms with Gasteiger partial charge in [0.1, 0.15) is 6.61 Å². The minimum Gasteiger partial charge on any atom is -1.00 e. The first-order valence-corrected chi connectivity index (χ1v) is 7.68. The van der Waals surface area contributed by atoms with Crippen LogP contribution in [0.5, 0.6) is 0 Å². The van der Waals surface area contributed by atoms with Gasteiger partial charge in [-0.25, -0.2) is 4.79 Å². The number of esters is 1. The average Bonchev–Trinajstić information content (AvgIpc) is 2.62. The van der Waals surface area contributed by atoms with E-state index in [1.165, 1.54) is 5.56 Å². The van der Waals surface area contributed by atoms with Crippen LogP contribution in [0.4, 0.5) is 0 Å². The van der Waals surface area contributed by atoms with E-state index < -0.39 is 0 Å². The molecule has 1 heterocycles. The first kappa shape index (κ1) is 17.8. The second-order valence-corrected chi connectivity index (χ2v) is 5.46. The number of carbonyl (C=O) groups is 1. The topological polar surface area (TPSA) is 29.5 Å². The fraction of sp³-hybridized carbons (Fsp3) is 0.150. The molecule has 0 radical (unpaired) electrons. The second kappa shape index (κ2) is 8.94. The lowest BCUT2D eigenvalue weighted by atomic mass is 10.1. The highest BCUT2D eigenvalue weighted by atomic mass is 35.5. The Kier molecular flexibility index (Phi) is 6.64. The maximum absolute atomic E-state index is 12.2. The van der Waals surface area contributed by atoms with Gasteiger partial charge in [-0.05, 0) is 17.2 Å². The Morgan fingerprint density at radius 2 is 1.58 bits per heavy atom. The third-order valence-corrected chi connectivity index (χ3v) is 3.64. The quantitative estimate of drug-likeness (QED) is 0.750. The van der Waals surface area contributed by atoms with Crippen LogP contribution in [0.15, 0.2) is 84.6 Å². The van der Waals surface area contributed by atoms with E-state index in [1.54, 1.807) is 0 Å². The van der Waals surface area contributed by atoms with Gasteiger partial charge in [-0.15, -0.1) is 0 Å². The molecule has 3 nitrogen and oxygen atoms in total. The monoisotopic (exact) mass is 340 g/mol. The molecule has 124 valence electrons. The third-order valence-electron chi connectivity index (χ3n) is 3.64. The van der Waals surface area contributed by atoms with Gasteiger partial charge in [-0.2, -0.15) is 0 Å². The van der Waals surface area contributed by atoms with Crippen molar-refractivity contribution < 1.29 is 21.9 Å². The highest BCUT2D eigenvalue weighted by molar-refractivity contribution is 5.91. The SMILES string of the molecule is O=C(OCc1ccccc1)C1=CN(Cc2ccccc2)CC=C1.[Cl-]. The van der Waals surface area contributed by atoms with Crippen molar-refractivity contribution in [3.8, 4) is 0 Å². The molecular weight excluding hydrogens is 322 g/mol. The van der Waals surface area contributed by atoms with E-state index in [4.69, 9.17) is 4.74 Å².